The van der Waals surface area contributed by atoms with Gasteiger partial charge in [0.2, 0.25) is 0 Å². The van der Waals surface area contributed by atoms with Crippen molar-refractivity contribution < 1.29 is 15.0 Å². The Hall–Kier alpha value is -1.79. The number of carboxylic acid groups (broad SMARTS) is 1. The molecule has 1 rings (SSSR count). The van der Waals surface area contributed by atoms with E-state index in [9.17, 15) is 9.90 Å². The topological polar surface area (TPSA) is 57.5 Å². The van der Waals surface area contributed by atoms with Crippen LogP contribution in [0.4, 0.5) is 0 Å². The van der Waals surface area contributed by atoms with E-state index >= 15 is 0 Å². The normalized spacial score (nSPS) is 11.7. The minimum Gasteiger partial charge on any atom is -0.481 e. The maximum absolute atomic E-state index is 10.3. The van der Waals surface area contributed by atoms with E-state index < -0.39 is 12.1 Å². The summed E-state index contributed by atoms with van der Waals surface area (Å²) in [5.41, 5.74) is 1.27. The first-order chi connectivity index (χ1) is 6.63. The summed E-state index contributed by atoms with van der Waals surface area (Å²) in [5.74, 6) is 1.41. The molecule has 3 heteroatoms. The fourth-order valence-electron chi connectivity index (χ4n) is 1.08. The van der Waals surface area contributed by atoms with E-state index in [1.54, 1.807) is 24.3 Å². The van der Waals surface area contributed by atoms with Gasteiger partial charge in [-0.15, -0.1) is 6.42 Å². The first-order valence-corrected chi connectivity index (χ1v) is 4.10. The van der Waals surface area contributed by atoms with Gasteiger partial charge in [0.25, 0.3) is 0 Å². The highest BCUT2D eigenvalue weighted by Gasteiger charge is 2.11. The van der Waals surface area contributed by atoms with Crippen molar-refractivity contribution in [1.29, 1.82) is 0 Å². The van der Waals surface area contributed by atoms with Crippen LogP contribution in [0.15, 0.2) is 24.3 Å². The smallest absolute Gasteiger partial charge is 0.306 e. The highest BCUT2D eigenvalue weighted by atomic mass is 16.4. The molecule has 0 fully saturated rings. The Morgan fingerprint density at radius 3 is 2.43 bits per heavy atom. The molecule has 2 N–H and O–H groups in total. The second-order valence-electron chi connectivity index (χ2n) is 2.88. The monoisotopic (exact) mass is 190 g/mol. The molecule has 0 aliphatic heterocycles. The summed E-state index contributed by atoms with van der Waals surface area (Å²) in [6.07, 6.45) is 3.88. The molecule has 0 saturated heterocycles. The summed E-state index contributed by atoms with van der Waals surface area (Å²) in [4.78, 5) is 10.3. The van der Waals surface area contributed by atoms with Crippen LogP contribution in [-0.4, -0.2) is 16.2 Å². The number of carboxylic acids is 1. The van der Waals surface area contributed by atoms with Gasteiger partial charge >= 0.3 is 5.97 Å². The van der Waals surface area contributed by atoms with E-state index in [1.165, 1.54) is 0 Å². The second kappa shape index (κ2) is 4.45. The molecule has 0 saturated carbocycles. The Balaban J connectivity index is 2.77. The van der Waals surface area contributed by atoms with Crippen molar-refractivity contribution in [2.45, 2.75) is 12.5 Å². The lowest BCUT2D eigenvalue weighted by Crippen LogP contribution is -2.05. The number of rotatable bonds is 3. The van der Waals surface area contributed by atoms with Crippen molar-refractivity contribution in [1.82, 2.24) is 0 Å². The van der Waals surface area contributed by atoms with E-state index in [2.05, 4.69) is 5.92 Å². The second-order valence-corrected chi connectivity index (χ2v) is 2.88. The summed E-state index contributed by atoms with van der Waals surface area (Å²) in [5, 5.41) is 17.9. The molecule has 0 aliphatic carbocycles. The molecule has 0 bridgehead atoms. The standard InChI is InChI=1S/C11H10O3/c1-2-8-3-5-9(6-4-8)10(12)7-11(13)14/h1,3-6,10,12H,7H2,(H,13,14)/t10-/m0/s1. The summed E-state index contributed by atoms with van der Waals surface area (Å²) in [6, 6.07) is 6.59. The summed E-state index contributed by atoms with van der Waals surface area (Å²) in [7, 11) is 0. The van der Waals surface area contributed by atoms with Crippen LogP contribution in [0.5, 0.6) is 0 Å². The third kappa shape index (κ3) is 2.61. The third-order valence-corrected chi connectivity index (χ3v) is 1.83. The van der Waals surface area contributed by atoms with Crippen molar-refractivity contribution in [2.24, 2.45) is 0 Å². The van der Waals surface area contributed by atoms with Crippen LogP contribution in [0, 0.1) is 12.3 Å². The van der Waals surface area contributed by atoms with E-state index in [4.69, 9.17) is 11.5 Å². The van der Waals surface area contributed by atoms with E-state index in [0.29, 0.717) is 11.1 Å². The molecule has 1 aromatic rings. The fourth-order valence-corrected chi connectivity index (χ4v) is 1.08. The highest BCUT2D eigenvalue weighted by molar-refractivity contribution is 5.67. The predicted octanol–water partition coefficient (Wildman–Crippen LogP) is 1.18. The van der Waals surface area contributed by atoms with Crippen LogP contribution < -0.4 is 0 Å². The highest BCUT2D eigenvalue weighted by Crippen LogP contribution is 2.16. The lowest BCUT2D eigenvalue weighted by atomic mass is 10.1. The number of carbonyl (C=O) groups is 1. The quantitative estimate of drug-likeness (QED) is 0.703. The van der Waals surface area contributed by atoms with Crippen LogP contribution in [-0.2, 0) is 4.79 Å². The van der Waals surface area contributed by atoms with Gasteiger partial charge in [-0.2, -0.15) is 0 Å². The lowest BCUT2D eigenvalue weighted by Gasteiger charge is -2.07. The maximum Gasteiger partial charge on any atom is 0.306 e. The van der Waals surface area contributed by atoms with Gasteiger partial charge in [-0.1, -0.05) is 18.1 Å². The molecule has 0 amide bonds. The molecule has 0 unspecified atom stereocenters. The number of benzene rings is 1. The van der Waals surface area contributed by atoms with Gasteiger partial charge in [0.1, 0.15) is 0 Å². The van der Waals surface area contributed by atoms with Gasteiger partial charge in [0.15, 0.2) is 0 Å². The predicted molar refractivity (Wildman–Crippen MR) is 51.6 cm³/mol. The van der Waals surface area contributed by atoms with Gasteiger partial charge in [-0.3, -0.25) is 4.79 Å². The molecule has 0 radical (unpaired) electrons. The van der Waals surface area contributed by atoms with Crippen LogP contribution >= 0.6 is 0 Å². The Labute approximate surface area is 82.0 Å². The maximum atomic E-state index is 10.3. The molecule has 1 atom stereocenters. The lowest BCUT2D eigenvalue weighted by molar-refractivity contribution is -0.139. The zero-order valence-electron chi connectivity index (χ0n) is 7.47. The van der Waals surface area contributed by atoms with Crippen LogP contribution in [0.2, 0.25) is 0 Å². The average molecular weight is 190 g/mol. The molecule has 0 spiro atoms. The summed E-state index contributed by atoms with van der Waals surface area (Å²) in [6.45, 7) is 0. The van der Waals surface area contributed by atoms with Crippen LogP contribution in [0.3, 0.4) is 0 Å². The molecule has 3 nitrogen and oxygen atoms in total. The van der Waals surface area contributed by atoms with E-state index in [1.807, 2.05) is 0 Å². The van der Waals surface area contributed by atoms with E-state index in [0.717, 1.165) is 0 Å². The minimum atomic E-state index is -1.03. The van der Waals surface area contributed by atoms with Crippen molar-refractivity contribution >= 4 is 5.97 Å². The summed E-state index contributed by atoms with van der Waals surface area (Å²) < 4.78 is 0. The number of aliphatic hydroxyl groups is 1. The number of aliphatic carboxylic acids is 1. The van der Waals surface area contributed by atoms with Gasteiger partial charge in [-0.25, -0.2) is 0 Å². The Bertz CT molecular complexity index is 359. The van der Waals surface area contributed by atoms with Crippen LogP contribution in [0.25, 0.3) is 0 Å². The van der Waals surface area contributed by atoms with Crippen molar-refractivity contribution in [2.75, 3.05) is 0 Å². The number of aliphatic hydroxyl groups excluding tert-OH is 1. The zero-order valence-corrected chi connectivity index (χ0v) is 7.47. The Kier molecular flexibility index (Phi) is 3.27. The molecule has 0 aliphatic rings. The minimum absolute atomic E-state index is 0.296. The van der Waals surface area contributed by atoms with Crippen LogP contribution in [0.1, 0.15) is 23.7 Å². The average Bonchev–Trinajstić information content (AvgIpc) is 2.17. The molecule has 72 valence electrons. The summed E-state index contributed by atoms with van der Waals surface area (Å²) >= 11 is 0. The number of hydrogen-bond acceptors (Lipinski definition) is 2. The molecule has 14 heavy (non-hydrogen) atoms. The van der Waals surface area contributed by atoms with Gasteiger partial charge in [0.05, 0.1) is 12.5 Å². The third-order valence-electron chi connectivity index (χ3n) is 1.83. The van der Waals surface area contributed by atoms with Crippen molar-refractivity contribution in [3.05, 3.63) is 35.4 Å². The van der Waals surface area contributed by atoms with Crippen molar-refractivity contribution in [3.8, 4) is 12.3 Å². The van der Waals surface area contributed by atoms with E-state index in [-0.39, 0.29) is 6.42 Å². The van der Waals surface area contributed by atoms with Gasteiger partial charge < -0.3 is 10.2 Å². The largest absolute Gasteiger partial charge is 0.481 e. The zero-order chi connectivity index (χ0) is 10.6. The number of terminal acetylenes is 1. The Morgan fingerprint density at radius 2 is 2.00 bits per heavy atom. The molecular weight excluding hydrogens is 180 g/mol. The first kappa shape index (κ1) is 10.3. The molecule has 0 aromatic heterocycles. The molecule has 1 aromatic carbocycles. The SMILES string of the molecule is C#Cc1ccc([C@@H](O)CC(=O)O)cc1. The molecule has 0 heterocycles. The van der Waals surface area contributed by atoms with Gasteiger partial charge in [0, 0.05) is 5.56 Å². The van der Waals surface area contributed by atoms with Crippen molar-refractivity contribution in [3.63, 3.8) is 0 Å². The van der Waals surface area contributed by atoms with Gasteiger partial charge in [-0.05, 0) is 17.7 Å². The molecular formula is C11H10O3. The number of hydrogen-bond donors (Lipinski definition) is 2. The Morgan fingerprint density at radius 1 is 1.43 bits per heavy atom. The first-order valence-electron chi connectivity index (χ1n) is 4.10. The fraction of sp³-hybridized carbons (Fsp3) is 0.182.